The molecule has 0 radical (unpaired) electrons. The van der Waals surface area contributed by atoms with Crippen molar-refractivity contribution in [2.75, 3.05) is 25.0 Å². The predicted octanol–water partition coefficient (Wildman–Crippen LogP) is -0.406. The summed E-state index contributed by atoms with van der Waals surface area (Å²) in [6.45, 7) is 2.60. The molecule has 3 amide bonds. The molecule has 1 aromatic rings. The Kier molecular flexibility index (Phi) is 2.91. The highest BCUT2D eigenvalue weighted by Gasteiger charge is 2.46. The van der Waals surface area contributed by atoms with E-state index in [4.69, 9.17) is 4.74 Å². The smallest absolute Gasteiger partial charge is 0.255 e. The van der Waals surface area contributed by atoms with E-state index in [2.05, 4.69) is 16.0 Å². The molecule has 0 aliphatic carbocycles. The van der Waals surface area contributed by atoms with Gasteiger partial charge in [-0.1, -0.05) is 0 Å². The van der Waals surface area contributed by atoms with Crippen molar-refractivity contribution in [3.63, 3.8) is 0 Å². The molecule has 0 saturated carbocycles. The number of fused-ring (bicyclic) bond motifs is 3. The van der Waals surface area contributed by atoms with Gasteiger partial charge < -0.3 is 20.3 Å². The monoisotopic (exact) mass is 342 g/mol. The van der Waals surface area contributed by atoms with E-state index in [-0.39, 0.29) is 23.8 Å². The second-order valence-corrected chi connectivity index (χ2v) is 7.11. The Bertz CT molecular complexity index is 817. The Hall–Kier alpha value is -2.61. The molecule has 8 nitrogen and oxygen atoms in total. The lowest BCUT2D eigenvalue weighted by Gasteiger charge is -2.46. The molecule has 8 heteroatoms. The van der Waals surface area contributed by atoms with E-state index in [0.717, 1.165) is 30.9 Å². The number of anilines is 1. The highest BCUT2D eigenvalue weighted by molar-refractivity contribution is 6.06. The molecule has 5 rings (SSSR count). The number of benzene rings is 1. The first-order chi connectivity index (χ1) is 12.1. The molecular formula is C17H18N4O4. The van der Waals surface area contributed by atoms with Crippen LogP contribution in [0.25, 0.3) is 0 Å². The molecule has 0 bridgehead atoms. The molecule has 2 fully saturated rings. The Balaban J connectivity index is 1.48. The third kappa shape index (κ3) is 2.07. The van der Waals surface area contributed by atoms with Crippen LogP contribution < -0.4 is 20.7 Å². The number of piperidine rings is 1. The summed E-state index contributed by atoms with van der Waals surface area (Å²) in [4.78, 5) is 37.9. The molecule has 1 aromatic carbocycles. The number of amides is 3. The van der Waals surface area contributed by atoms with Crippen molar-refractivity contribution in [2.24, 2.45) is 0 Å². The zero-order chi connectivity index (χ0) is 17.2. The predicted molar refractivity (Wildman–Crippen MR) is 87.2 cm³/mol. The van der Waals surface area contributed by atoms with Crippen molar-refractivity contribution >= 4 is 23.4 Å². The van der Waals surface area contributed by atoms with E-state index in [9.17, 15) is 14.4 Å². The largest absolute Gasteiger partial charge is 0.480 e. The van der Waals surface area contributed by atoms with Crippen LogP contribution in [-0.2, 0) is 16.1 Å². The molecular weight excluding hydrogens is 324 g/mol. The number of hydrogen-bond acceptors (Lipinski definition) is 6. The van der Waals surface area contributed by atoms with Crippen LogP contribution in [0.3, 0.4) is 0 Å². The van der Waals surface area contributed by atoms with Crippen LogP contribution >= 0.6 is 0 Å². The third-order valence-corrected chi connectivity index (χ3v) is 5.48. The van der Waals surface area contributed by atoms with Crippen LogP contribution in [0, 0.1) is 0 Å². The molecule has 2 saturated heterocycles. The standard InChI is InChI=1S/C17H18N4O4/c22-13-4-3-12(15(23)20-13)21-5-10-9(16(21)24)1-2-11-14(10)25-17(8-19-11)6-18-7-17/h1-2,12,18-19H,3-8H2,(H,20,22,23)/t12-/m0/s1. The summed E-state index contributed by atoms with van der Waals surface area (Å²) in [6.07, 6.45) is 0.612. The summed E-state index contributed by atoms with van der Waals surface area (Å²) in [5.74, 6) is -0.143. The lowest BCUT2D eigenvalue weighted by atomic mass is 9.94. The van der Waals surface area contributed by atoms with Gasteiger partial charge in [-0.25, -0.2) is 0 Å². The number of carbonyl (C=O) groups is 3. The van der Waals surface area contributed by atoms with E-state index in [1.807, 2.05) is 6.07 Å². The first-order valence-electron chi connectivity index (χ1n) is 8.50. The summed E-state index contributed by atoms with van der Waals surface area (Å²) >= 11 is 0. The van der Waals surface area contributed by atoms with Crippen LogP contribution in [0.5, 0.6) is 5.75 Å². The number of imide groups is 1. The number of nitrogens with one attached hydrogen (secondary N) is 3. The van der Waals surface area contributed by atoms with Crippen molar-refractivity contribution in [1.82, 2.24) is 15.5 Å². The number of hydrogen-bond donors (Lipinski definition) is 3. The molecule has 3 N–H and O–H groups in total. The molecule has 0 aromatic heterocycles. The Labute approximate surface area is 143 Å². The minimum Gasteiger partial charge on any atom is -0.480 e. The highest BCUT2D eigenvalue weighted by Crippen LogP contribution is 2.43. The van der Waals surface area contributed by atoms with Gasteiger partial charge in [0.25, 0.3) is 5.91 Å². The molecule has 4 aliphatic heterocycles. The summed E-state index contributed by atoms with van der Waals surface area (Å²) in [7, 11) is 0. The Morgan fingerprint density at radius 2 is 2.00 bits per heavy atom. The fourth-order valence-corrected chi connectivity index (χ4v) is 3.98. The minimum absolute atomic E-state index is 0.178. The van der Waals surface area contributed by atoms with Crippen molar-refractivity contribution < 1.29 is 19.1 Å². The summed E-state index contributed by atoms with van der Waals surface area (Å²) in [5.41, 5.74) is 2.03. The van der Waals surface area contributed by atoms with E-state index in [1.165, 1.54) is 0 Å². The summed E-state index contributed by atoms with van der Waals surface area (Å²) in [6, 6.07) is 3.04. The Morgan fingerprint density at radius 3 is 2.72 bits per heavy atom. The summed E-state index contributed by atoms with van der Waals surface area (Å²) in [5, 5.41) is 8.94. The molecule has 130 valence electrons. The van der Waals surface area contributed by atoms with Gasteiger partial charge in [-0.3, -0.25) is 19.7 Å². The maximum atomic E-state index is 12.8. The fourth-order valence-electron chi connectivity index (χ4n) is 3.98. The maximum absolute atomic E-state index is 12.8. The van der Waals surface area contributed by atoms with Crippen LogP contribution in [0.2, 0.25) is 0 Å². The van der Waals surface area contributed by atoms with Gasteiger partial charge in [-0.15, -0.1) is 0 Å². The highest BCUT2D eigenvalue weighted by atomic mass is 16.5. The van der Waals surface area contributed by atoms with Gasteiger partial charge in [-0.2, -0.15) is 0 Å². The average molecular weight is 342 g/mol. The number of ether oxygens (including phenoxy) is 1. The zero-order valence-corrected chi connectivity index (χ0v) is 13.6. The molecule has 1 spiro atoms. The fraction of sp³-hybridized carbons (Fsp3) is 0.471. The molecule has 25 heavy (non-hydrogen) atoms. The average Bonchev–Trinajstić information content (AvgIpc) is 2.90. The SMILES string of the molecule is O=C1CC[C@H](N2Cc3c(ccc4c3OC3(CNC3)CN4)C2=O)C(=O)N1. The van der Waals surface area contributed by atoms with Crippen LogP contribution in [0.1, 0.15) is 28.8 Å². The van der Waals surface area contributed by atoms with E-state index >= 15 is 0 Å². The van der Waals surface area contributed by atoms with Gasteiger partial charge in [0.15, 0.2) is 5.60 Å². The maximum Gasteiger partial charge on any atom is 0.255 e. The van der Waals surface area contributed by atoms with Crippen LogP contribution in [0.15, 0.2) is 12.1 Å². The van der Waals surface area contributed by atoms with Crippen molar-refractivity contribution in [2.45, 2.75) is 31.0 Å². The molecule has 4 heterocycles. The Morgan fingerprint density at radius 1 is 1.16 bits per heavy atom. The molecule has 0 unspecified atom stereocenters. The lowest BCUT2D eigenvalue weighted by Crippen LogP contribution is -2.67. The van der Waals surface area contributed by atoms with Crippen molar-refractivity contribution in [1.29, 1.82) is 0 Å². The first-order valence-corrected chi connectivity index (χ1v) is 8.50. The van der Waals surface area contributed by atoms with Gasteiger partial charge in [0, 0.05) is 30.6 Å². The molecule has 1 atom stereocenters. The minimum atomic E-state index is -0.607. The van der Waals surface area contributed by atoms with Crippen LogP contribution in [0.4, 0.5) is 5.69 Å². The van der Waals surface area contributed by atoms with Crippen LogP contribution in [-0.4, -0.2) is 53.9 Å². The normalized spacial score (nSPS) is 26.3. The van der Waals surface area contributed by atoms with E-state index in [1.54, 1.807) is 11.0 Å². The van der Waals surface area contributed by atoms with Crippen molar-refractivity contribution in [3.05, 3.63) is 23.3 Å². The van der Waals surface area contributed by atoms with E-state index in [0.29, 0.717) is 24.3 Å². The van der Waals surface area contributed by atoms with Gasteiger partial charge in [0.05, 0.1) is 18.8 Å². The lowest BCUT2D eigenvalue weighted by molar-refractivity contribution is -0.136. The zero-order valence-electron chi connectivity index (χ0n) is 13.6. The van der Waals surface area contributed by atoms with Gasteiger partial charge in [0.2, 0.25) is 11.8 Å². The number of nitrogens with zero attached hydrogens (tertiary/aromatic N) is 1. The second kappa shape index (κ2) is 4.95. The van der Waals surface area contributed by atoms with Gasteiger partial charge in [-0.05, 0) is 18.6 Å². The van der Waals surface area contributed by atoms with Crippen molar-refractivity contribution in [3.8, 4) is 5.75 Å². The number of rotatable bonds is 1. The first kappa shape index (κ1) is 14.7. The molecule has 4 aliphatic rings. The second-order valence-electron chi connectivity index (χ2n) is 7.11. The van der Waals surface area contributed by atoms with Gasteiger partial charge >= 0.3 is 0 Å². The van der Waals surface area contributed by atoms with Gasteiger partial charge in [0.1, 0.15) is 11.8 Å². The van der Waals surface area contributed by atoms with E-state index < -0.39 is 11.9 Å². The number of carbonyl (C=O) groups excluding carboxylic acids is 3. The summed E-state index contributed by atoms with van der Waals surface area (Å²) < 4.78 is 6.27. The topological polar surface area (TPSA) is 99.8 Å². The third-order valence-electron chi connectivity index (χ3n) is 5.48. The quantitative estimate of drug-likeness (QED) is 0.600.